The zero-order chi connectivity index (χ0) is 20.6. The van der Waals surface area contributed by atoms with Crippen molar-refractivity contribution in [1.29, 1.82) is 0 Å². The molecule has 0 saturated heterocycles. The van der Waals surface area contributed by atoms with Gasteiger partial charge in [-0.25, -0.2) is 5.43 Å². The Kier molecular flexibility index (Phi) is 6.16. The fourth-order valence-electron chi connectivity index (χ4n) is 2.37. The van der Waals surface area contributed by atoms with Gasteiger partial charge in [0, 0.05) is 5.69 Å². The average Bonchev–Trinajstić information content (AvgIpc) is 3.23. The van der Waals surface area contributed by atoms with Crippen molar-refractivity contribution < 1.29 is 18.8 Å². The van der Waals surface area contributed by atoms with E-state index in [-0.39, 0.29) is 11.3 Å². The number of hydrogen-bond donors (Lipinski definition) is 3. The Morgan fingerprint density at radius 1 is 0.897 bits per heavy atom. The first-order valence-corrected chi connectivity index (χ1v) is 8.68. The van der Waals surface area contributed by atoms with Crippen molar-refractivity contribution in [3.05, 3.63) is 83.8 Å². The van der Waals surface area contributed by atoms with Gasteiger partial charge < -0.3 is 15.1 Å². The summed E-state index contributed by atoms with van der Waals surface area (Å²) >= 11 is 0. The number of nitrogens with zero attached hydrogens (tertiary/aromatic N) is 1. The van der Waals surface area contributed by atoms with Crippen LogP contribution in [0.25, 0.3) is 0 Å². The van der Waals surface area contributed by atoms with Gasteiger partial charge >= 0.3 is 11.8 Å². The van der Waals surface area contributed by atoms with Crippen LogP contribution in [0.3, 0.4) is 0 Å². The number of aryl methyl sites for hydroxylation is 1. The van der Waals surface area contributed by atoms with E-state index in [2.05, 4.69) is 21.2 Å². The number of amides is 3. The Hall–Kier alpha value is -4.20. The molecule has 0 aliphatic heterocycles. The van der Waals surface area contributed by atoms with Gasteiger partial charge in [0.2, 0.25) is 0 Å². The number of carbonyl (C=O) groups is 3. The lowest BCUT2D eigenvalue weighted by molar-refractivity contribution is -0.136. The first-order chi connectivity index (χ1) is 14.0. The molecule has 0 unspecified atom stereocenters. The average molecular weight is 390 g/mol. The van der Waals surface area contributed by atoms with Crippen LogP contribution in [0.5, 0.6) is 0 Å². The summed E-state index contributed by atoms with van der Waals surface area (Å²) in [5.74, 6) is -1.94. The highest BCUT2D eigenvalue weighted by Crippen LogP contribution is 2.18. The van der Waals surface area contributed by atoms with E-state index in [0.29, 0.717) is 11.4 Å². The van der Waals surface area contributed by atoms with Crippen LogP contribution >= 0.6 is 0 Å². The molecule has 0 spiro atoms. The van der Waals surface area contributed by atoms with Crippen LogP contribution in [0.15, 0.2) is 76.4 Å². The summed E-state index contributed by atoms with van der Waals surface area (Å²) in [7, 11) is 0. The fraction of sp³-hybridized carbons (Fsp3) is 0.0476. The van der Waals surface area contributed by atoms with Gasteiger partial charge in [0.05, 0.1) is 23.7 Å². The van der Waals surface area contributed by atoms with Crippen LogP contribution in [0.4, 0.5) is 11.4 Å². The second-order valence-corrected chi connectivity index (χ2v) is 6.03. The van der Waals surface area contributed by atoms with Gasteiger partial charge in [0.1, 0.15) is 5.76 Å². The Morgan fingerprint density at radius 3 is 2.38 bits per heavy atom. The van der Waals surface area contributed by atoms with Crippen molar-refractivity contribution in [2.75, 3.05) is 10.6 Å². The number of benzene rings is 2. The lowest BCUT2D eigenvalue weighted by atomic mass is 10.1. The third-order valence-corrected chi connectivity index (χ3v) is 3.84. The highest BCUT2D eigenvalue weighted by atomic mass is 16.3. The first kappa shape index (κ1) is 19.6. The van der Waals surface area contributed by atoms with E-state index in [0.717, 1.165) is 5.56 Å². The molecule has 1 heterocycles. The molecule has 0 aliphatic rings. The molecule has 3 amide bonds. The predicted octanol–water partition coefficient (Wildman–Crippen LogP) is 2.93. The normalized spacial score (nSPS) is 10.5. The van der Waals surface area contributed by atoms with E-state index in [1.807, 2.05) is 19.1 Å². The van der Waals surface area contributed by atoms with Gasteiger partial charge in [-0.1, -0.05) is 29.8 Å². The summed E-state index contributed by atoms with van der Waals surface area (Å²) in [5, 5.41) is 8.81. The van der Waals surface area contributed by atoms with Crippen LogP contribution in [-0.2, 0) is 9.59 Å². The van der Waals surface area contributed by atoms with Crippen LogP contribution in [0, 0.1) is 6.92 Å². The van der Waals surface area contributed by atoms with Crippen molar-refractivity contribution in [1.82, 2.24) is 5.43 Å². The van der Waals surface area contributed by atoms with E-state index >= 15 is 0 Å². The van der Waals surface area contributed by atoms with Crippen LogP contribution in [0.1, 0.15) is 21.7 Å². The number of carbonyl (C=O) groups excluding carboxylic acids is 3. The molecule has 0 radical (unpaired) electrons. The molecular formula is C21H18N4O4. The minimum Gasteiger partial charge on any atom is -0.463 e. The molecule has 0 aliphatic carbocycles. The SMILES string of the molecule is Cc1ccc(NC(=O)c2ccccc2NC(=O)C(=O)N/N=C\c2ccco2)cc1. The number of para-hydroxylation sites is 1. The van der Waals surface area contributed by atoms with E-state index in [4.69, 9.17) is 4.42 Å². The van der Waals surface area contributed by atoms with Crippen molar-refractivity contribution in [3.63, 3.8) is 0 Å². The van der Waals surface area contributed by atoms with E-state index in [1.165, 1.54) is 18.5 Å². The Balaban J connectivity index is 1.64. The molecule has 1 aromatic heterocycles. The summed E-state index contributed by atoms with van der Waals surface area (Å²) in [6.07, 6.45) is 2.71. The summed E-state index contributed by atoms with van der Waals surface area (Å²) in [6, 6.07) is 17.0. The second kappa shape index (κ2) is 9.14. The Labute approximate surface area is 166 Å². The molecule has 3 rings (SSSR count). The molecule has 29 heavy (non-hydrogen) atoms. The highest BCUT2D eigenvalue weighted by molar-refractivity contribution is 6.40. The summed E-state index contributed by atoms with van der Waals surface area (Å²) in [6.45, 7) is 1.94. The minimum absolute atomic E-state index is 0.201. The topological polar surface area (TPSA) is 113 Å². The van der Waals surface area contributed by atoms with Crippen molar-refractivity contribution in [2.24, 2.45) is 5.10 Å². The monoisotopic (exact) mass is 390 g/mol. The van der Waals surface area contributed by atoms with Gasteiger partial charge in [0.25, 0.3) is 5.91 Å². The molecule has 0 fully saturated rings. The molecule has 3 N–H and O–H groups in total. The lowest BCUT2D eigenvalue weighted by Gasteiger charge is -2.11. The van der Waals surface area contributed by atoms with Crippen molar-refractivity contribution in [3.8, 4) is 0 Å². The molecule has 0 bridgehead atoms. The van der Waals surface area contributed by atoms with Gasteiger partial charge in [-0.2, -0.15) is 5.10 Å². The predicted molar refractivity (Wildman–Crippen MR) is 109 cm³/mol. The molecular weight excluding hydrogens is 372 g/mol. The van der Waals surface area contributed by atoms with Crippen LogP contribution < -0.4 is 16.1 Å². The van der Waals surface area contributed by atoms with E-state index in [9.17, 15) is 14.4 Å². The first-order valence-electron chi connectivity index (χ1n) is 8.68. The Bertz CT molecular complexity index is 1040. The van der Waals surface area contributed by atoms with Gasteiger partial charge in [-0.15, -0.1) is 0 Å². The maximum absolute atomic E-state index is 12.6. The third kappa shape index (κ3) is 5.39. The van der Waals surface area contributed by atoms with Gasteiger partial charge in [-0.05, 0) is 43.3 Å². The highest BCUT2D eigenvalue weighted by Gasteiger charge is 2.17. The van der Waals surface area contributed by atoms with Gasteiger partial charge in [0.15, 0.2) is 0 Å². The van der Waals surface area contributed by atoms with Crippen molar-refractivity contribution >= 4 is 35.3 Å². The number of nitrogens with one attached hydrogen (secondary N) is 3. The number of hydrazone groups is 1. The van der Waals surface area contributed by atoms with Crippen LogP contribution in [-0.4, -0.2) is 23.9 Å². The summed E-state index contributed by atoms with van der Waals surface area (Å²) in [4.78, 5) is 36.6. The molecule has 8 heteroatoms. The summed E-state index contributed by atoms with van der Waals surface area (Å²) < 4.78 is 5.02. The number of anilines is 2. The quantitative estimate of drug-likeness (QED) is 0.353. The largest absolute Gasteiger partial charge is 0.463 e. The zero-order valence-electron chi connectivity index (χ0n) is 15.5. The smallest absolute Gasteiger partial charge is 0.329 e. The number of rotatable bonds is 5. The number of furan rings is 1. The molecule has 0 saturated carbocycles. The summed E-state index contributed by atoms with van der Waals surface area (Å²) in [5.41, 5.74) is 4.19. The molecule has 8 nitrogen and oxygen atoms in total. The lowest BCUT2D eigenvalue weighted by Crippen LogP contribution is -2.33. The van der Waals surface area contributed by atoms with E-state index < -0.39 is 17.7 Å². The Morgan fingerprint density at radius 2 is 1.66 bits per heavy atom. The standard InChI is InChI=1S/C21H18N4O4/c1-14-8-10-15(11-9-14)23-19(26)17-6-2-3-7-18(17)24-20(27)21(28)25-22-13-16-5-4-12-29-16/h2-13H,1H3,(H,23,26)(H,24,27)(H,25,28)/b22-13-. The molecule has 146 valence electrons. The molecule has 3 aromatic rings. The minimum atomic E-state index is -0.985. The van der Waals surface area contributed by atoms with E-state index in [1.54, 1.807) is 42.5 Å². The molecule has 2 aromatic carbocycles. The van der Waals surface area contributed by atoms with Crippen LogP contribution in [0.2, 0.25) is 0 Å². The molecule has 0 atom stereocenters. The van der Waals surface area contributed by atoms with Gasteiger partial charge in [-0.3, -0.25) is 14.4 Å². The maximum atomic E-state index is 12.6. The maximum Gasteiger partial charge on any atom is 0.329 e. The fourth-order valence-corrected chi connectivity index (χ4v) is 2.37. The van der Waals surface area contributed by atoms with Crippen molar-refractivity contribution in [2.45, 2.75) is 6.92 Å². The number of hydrogen-bond acceptors (Lipinski definition) is 5. The third-order valence-electron chi connectivity index (χ3n) is 3.84. The zero-order valence-corrected chi connectivity index (χ0v) is 15.5. The second-order valence-electron chi connectivity index (χ2n) is 6.03.